The van der Waals surface area contributed by atoms with E-state index in [-0.39, 0.29) is 18.9 Å². The molecule has 3 aromatic rings. The van der Waals surface area contributed by atoms with Crippen molar-refractivity contribution in [1.82, 2.24) is 10.3 Å². The lowest BCUT2D eigenvalue weighted by atomic mass is 10.2. The SMILES string of the molecule is Cc1nc(CC(=O)NC[C@H](O)c2cc3ccccc3s2)cs1. The second-order valence-electron chi connectivity index (χ2n) is 5.04. The molecule has 0 aliphatic carbocycles. The molecule has 0 spiro atoms. The van der Waals surface area contributed by atoms with Gasteiger partial charge in [-0.15, -0.1) is 22.7 Å². The van der Waals surface area contributed by atoms with E-state index in [1.807, 2.05) is 42.6 Å². The second-order valence-corrected chi connectivity index (χ2v) is 7.22. The van der Waals surface area contributed by atoms with Crippen LogP contribution in [0.25, 0.3) is 10.1 Å². The van der Waals surface area contributed by atoms with Crippen LogP contribution in [0.3, 0.4) is 0 Å². The number of nitrogens with one attached hydrogen (secondary N) is 1. The van der Waals surface area contributed by atoms with Crippen molar-refractivity contribution in [2.45, 2.75) is 19.4 Å². The van der Waals surface area contributed by atoms with Crippen molar-refractivity contribution in [2.75, 3.05) is 6.54 Å². The summed E-state index contributed by atoms with van der Waals surface area (Å²) in [5.74, 6) is -0.120. The third kappa shape index (κ3) is 3.52. The fourth-order valence-corrected chi connectivity index (χ4v) is 3.86. The van der Waals surface area contributed by atoms with Crippen LogP contribution in [0.15, 0.2) is 35.7 Å². The zero-order valence-electron chi connectivity index (χ0n) is 12.1. The normalized spacial score (nSPS) is 12.5. The van der Waals surface area contributed by atoms with E-state index in [2.05, 4.69) is 10.3 Å². The number of aromatic nitrogens is 1. The van der Waals surface area contributed by atoms with Gasteiger partial charge in [0.05, 0.1) is 17.1 Å². The molecule has 0 fully saturated rings. The minimum absolute atomic E-state index is 0.120. The molecule has 3 rings (SSSR count). The van der Waals surface area contributed by atoms with Gasteiger partial charge in [0, 0.05) is 21.5 Å². The van der Waals surface area contributed by atoms with Gasteiger partial charge in [-0.1, -0.05) is 18.2 Å². The molecule has 0 aliphatic rings. The molecular weight excluding hydrogens is 316 g/mol. The molecule has 2 heterocycles. The minimum atomic E-state index is -0.682. The number of thiophene rings is 1. The van der Waals surface area contributed by atoms with Crippen LogP contribution < -0.4 is 5.32 Å². The number of amides is 1. The fraction of sp³-hybridized carbons (Fsp3) is 0.250. The van der Waals surface area contributed by atoms with E-state index >= 15 is 0 Å². The highest BCUT2D eigenvalue weighted by molar-refractivity contribution is 7.19. The molecule has 6 heteroatoms. The smallest absolute Gasteiger partial charge is 0.226 e. The number of nitrogens with zero attached hydrogens (tertiary/aromatic N) is 1. The molecule has 0 bridgehead atoms. The molecule has 1 atom stereocenters. The van der Waals surface area contributed by atoms with Crippen LogP contribution in [-0.4, -0.2) is 22.5 Å². The van der Waals surface area contributed by atoms with Crippen LogP contribution in [-0.2, 0) is 11.2 Å². The van der Waals surface area contributed by atoms with Gasteiger partial charge in [0.15, 0.2) is 0 Å². The highest BCUT2D eigenvalue weighted by Gasteiger charge is 2.13. The summed E-state index contributed by atoms with van der Waals surface area (Å²) in [4.78, 5) is 17.0. The van der Waals surface area contributed by atoms with Crippen LogP contribution >= 0.6 is 22.7 Å². The van der Waals surface area contributed by atoms with E-state index in [9.17, 15) is 9.90 Å². The number of carbonyl (C=O) groups excluding carboxylic acids is 1. The topological polar surface area (TPSA) is 62.2 Å². The molecule has 1 amide bonds. The minimum Gasteiger partial charge on any atom is -0.386 e. The van der Waals surface area contributed by atoms with E-state index in [0.717, 1.165) is 25.7 Å². The number of aryl methyl sites for hydroxylation is 1. The zero-order valence-corrected chi connectivity index (χ0v) is 13.7. The number of hydrogen-bond acceptors (Lipinski definition) is 5. The van der Waals surface area contributed by atoms with Gasteiger partial charge in [-0.2, -0.15) is 0 Å². The number of rotatable bonds is 5. The molecule has 2 N–H and O–H groups in total. The Hall–Kier alpha value is -1.76. The summed E-state index contributed by atoms with van der Waals surface area (Å²) >= 11 is 3.08. The predicted molar refractivity (Wildman–Crippen MR) is 90.3 cm³/mol. The molecule has 22 heavy (non-hydrogen) atoms. The number of benzene rings is 1. The Morgan fingerprint density at radius 1 is 1.41 bits per heavy atom. The number of aliphatic hydroxyl groups excluding tert-OH is 1. The summed E-state index contributed by atoms with van der Waals surface area (Å²) in [5.41, 5.74) is 0.774. The Bertz CT molecular complexity index is 761. The molecule has 0 saturated carbocycles. The first-order chi connectivity index (χ1) is 10.6. The number of thiazole rings is 1. The molecule has 114 valence electrons. The lowest BCUT2D eigenvalue weighted by Crippen LogP contribution is -2.29. The van der Waals surface area contributed by atoms with Gasteiger partial charge < -0.3 is 10.4 Å². The lowest BCUT2D eigenvalue weighted by Gasteiger charge is -2.09. The highest BCUT2D eigenvalue weighted by atomic mass is 32.1. The summed E-state index contributed by atoms with van der Waals surface area (Å²) in [6, 6.07) is 9.97. The number of carbonyl (C=O) groups is 1. The first-order valence-corrected chi connectivity index (χ1v) is 8.65. The van der Waals surface area contributed by atoms with E-state index in [1.54, 1.807) is 11.3 Å². The van der Waals surface area contributed by atoms with E-state index < -0.39 is 6.10 Å². The van der Waals surface area contributed by atoms with E-state index in [4.69, 9.17) is 0 Å². The van der Waals surface area contributed by atoms with Gasteiger partial charge in [0.1, 0.15) is 6.10 Å². The zero-order chi connectivity index (χ0) is 15.5. The lowest BCUT2D eigenvalue weighted by molar-refractivity contribution is -0.120. The summed E-state index contributed by atoms with van der Waals surface area (Å²) in [7, 11) is 0. The third-order valence-electron chi connectivity index (χ3n) is 3.27. The van der Waals surface area contributed by atoms with Crippen molar-refractivity contribution >= 4 is 38.7 Å². The summed E-state index contributed by atoms with van der Waals surface area (Å²) < 4.78 is 1.14. The average molecular weight is 332 g/mol. The Morgan fingerprint density at radius 3 is 2.95 bits per heavy atom. The van der Waals surface area contributed by atoms with Crippen molar-refractivity contribution in [2.24, 2.45) is 0 Å². The van der Waals surface area contributed by atoms with Crippen molar-refractivity contribution in [3.63, 3.8) is 0 Å². The second kappa shape index (κ2) is 6.56. The third-order valence-corrected chi connectivity index (χ3v) is 5.31. The van der Waals surface area contributed by atoms with E-state index in [1.165, 1.54) is 11.3 Å². The van der Waals surface area contributed by atoms with Crippen molar-refractivity contribution in [3.8, 4) is 0 Å². The monoisotopic (exact) mass is 332 g/mol. The number of fused-ring (bicyclic) bond motifs is 1. The van der Waals surface area contributed by atoms with Crippen molar-refractivity contribution in [3.05, 3.63) is 51.3 Å². The van der Waals surface area contributed by atoms with Crippen molar-refractivity contribution < 1.29 is 9.90 Å². The molecule has 4 nitrogen and oxygen atoms in total. The molecule has 1 aromatic carbocycles. The molecule has 0 radical (unpaired) electrons. The molecular formula is C16H16N2O2S2. The largest absolute Gasteiger partial charge is 0.386 e. The van der Waals surface area contributed by atoms with Crippen LogP contribution in [0.1, 0.15) is 21.7 Å². The summed E-state index contributed by atoms with van der Waals surface area (Å²) in [6.07, 6.45) is -0.428. The van der Waals surface area contributed by atoms with Crippen LogP contribution in [0, 0.1) is 6.92 Å². The van der Waals surface area contributed by atoms with Gasteiger partial charge in [-0.25, -0.2) is 4.98 Å². The van der Waals surface area contributed by atoms with Gasteiger partial charge in [-0.05, 0) is 24.4 Å². The average Bonchev–Trinajstić information content (AvgIpc) is 3.10. The predicted octanol–water partition coefficient (Wildman–Crippen LogP) is 3.06. The summed E-state index contributed by atoms with van der Waals surface area (Å²) in [5, 5.41) is 16.9. The quantitative estimate of drug-likeness (QED) is 0.755. The van der Waals surface area contributed by atoms with Gasteiger partial charge in [-0.3, -0.25) is 4.79 Å². The van der Waals surface area contributed by atoms with Gasteiger partial charge >= 0.3 is 0 Å². The van der Waals surface area contributed by atoms with Crippen molar-refractivity contribution in [1.29, 1.82) is 0 Å². The maximum Gasteiger partial charge on any atom is 0.226 e. The van der Waals surface area contributed by atoms with Crippen LogP contribution in [0.2, 0.25) is 0 Å². The number of aliphatic hydroxyl groups is 1. The van der Waals surface area contributed by atoms with Gasteiger partial charge in [0.2, 0.25) is 5.91 Å². The Morgan fingerprint density at radius 2 is 2.23 bits per heavy atom. The molecule has 0 unspecified atom stereocenters. The number of hydrogen-bond donors (Lipinski definition) is 2. The Balaban J connectivity index is 1.57. The standard InChI is InChI=1S/C16H16N2O2S2/c1-10-18-12(9-21-10)7-16(20)17-8-13(19)15-6-11-4-2-3-5-14(11)22-15/h2-6,9,13,19H,7-8H2,1H3,(H,17,20)/t13-/m0/s1. The van der Waals surface area contributed by atoms with Crippen LogP contribution in [0.4, 0.5) is 0 Å². The maximum absolute atomic E-state index is 11.9. The summed E-state index contributed by atoms with van der Waals surface area (Å²) in [6.45, 7) is 2.13. The Labute approximate surface area is 136 Å². The molecule has 0 aliphatic heterocycles. The highest BCUT2D eigenvalue weighted by Crippen LogP contribution is 2.29. The molecule has 2 aromatic heterocycles. The first-order valence-electron chi connectivity index (χ1n) is 6.96. The van der Waals surface area contributed by atoms with E-state index in [0.29, 0.717) is 0 Å². The molecule has 0 saturated heterocycles. The fourth-order valence-electron chi connectivity index (χ4n) is 2.19. The Kier molecular flexibility index (Phi) is 4.52. The van der Waals surface area contributed by atoms with Crippen LogP contribution in [0.5, 0.6) is 0 Å². The van der Waals surface area contributed by atoms with Gasteiger partial charge in [0.25, 0.3) is 0 Å². The maximum atomic E-state index is 11.9. The first kappa shape index (κ1) is 15.1.